The molecule has 2 aromatic heterocycles. The molecule has 0 radical (unpaired) electrons. The number of aromatic nitrogens is 4. The van der Waals surface area contributed by atoms with Gasteiger partial charge in [-0.3, -0.25) is 4.79 Å². The van der Waals surface area contributed by atoms with Crippen molar-refractivity contribution >= 4 is 45.0 Å². The van der Waals surface area contributed by atoms with Crippen LogP contribution in [0.4, 0.5) is 0 Å². The molecule has 0 aliphatic carbocycles. The number of ether oxygens (including phenoxy) is 1. The van der Waals surface area contributed by atoms with Crippen LogP contribution >= 0.6 is 23.2 Å². The third-order valence-electron chi connectivity index (χ3n) is 3.99. The third kappa shape index (κ3) is 3.09. The van der Waals surface area contributed by atoms with E-state index in [1.165, 1.54) is 0 Å². The highest BCUT2D eigenvalue weighted by atomic mass is 35.5. The number of fused-ring (bicyclic) bond motifs is 2. The van der Waals surface area contributed by atoms with E-state index in [0.29, 0.717) is 17.3 Å². The van der Waals surface area contributed by atoms with Gasteiger partial charge in [0.05, 0.1) is 17.6 Å². The van der Waals surface area contributed by atoms with E-state index in [-0.39, 0.29) is 28.6 Å². The first-order valence-electron chi connectivity index (χ1n) is 7.83. The second-order valence-corrected chi connectivity index (χ2v) is 6.20. The van der Waals surface area contributed by atoms with Gasteiger partial charge in [0, 0.05) is 10.8 Å². The van der Waals surface area contributed by atoms with Crippen molar-refractivity contribution in [2.24, 2.45) is 0 Å². The number of benzene rings is 2. The van der Waals surface area contributed by atoms with Gasteiger partial charge in [-0.1, -0.05) is 24.3 Å². The Morgan fingerprint density at radius 1 is 0.846 bits per heavy atom. The Labute approximate surface area is 158 Å². The Kier molecular flexibility index (Phi) is 4.44. The molecule has 0 bridgehead atoms. The summed E-state index contributed by atoms with van der Waals surface area (Å²) in [6.45, 7) is 0.760. The molecule has 130 valence electrons. The fourth-order valence-electron chi connectivity index (χ4n) is 2.92. The SMILES string of the molecule is O=c1c2ccccc2n(CCOc2nc(Cl)nc(Cl)n2)c2ccccc12. The van der Waals surface area contributed by atoms with Gasteiger partial charge in [0.2, 0.25) is 10.6 Å². The predicted molar refractivity (Wildman–Crippen MR) is 101 cm³/mol. The first-order chi connectivity index (χ1) is 12.6. The van der Waals surface area contributed by atoms with Crippen molar-refractivity contribution in [3.8, 4) is 6.01 Å². The number of pyridine rings is 1. The Morgan fingerprint density at radius 3 is 1.96 bits per heavy atom. The molecule has 2 aromatic carbocycles. The zero-order valence-corrected chi connectivity index (χ0v) is 14.9. The topological polar surface area (TPSA) is 69.9 Å². The summed E-state index contributed by atoms with van der Waals surface area (Å²) in [7, 11) is 0. The summed E-state index contributed by atoms with van der Waals surface area (Å²) in [6.07, 6.45) is 0. The van der Waals surface area contributed by atoms with Crippen molar-refractivity contribution in [2.45, 2.75) is 6.54 Å². The molecule has 6 nitrogen and oxygen atoms in total. The standard InChI is InChI=1S/C18H12Cl2N4O2/c19-16-21-17(20)23-18(22-16)26-10-9-24-13-7-3-1-5-11(13)15(25)12-6-2-4-8-14(12)24/h1-8H,9-10H2. The van der Waals surface area contributed by atoms with Gasteiger partial charge in [-0.25, -0.2) is 0 Å². The summed E-state index contributed by atoms with van der Waals surface area (Å²) in [6, 6.07) is 15.1. The molecule has 0 N–H and O–H groups in total. The summed E-state index contributed by atoms with van der Waals surface area (Å²) in [4.78, 5) is 24.2. The van der Waals surface area contributed by atoms with Crippen LogP contribution in [0.15, 0.2) is 53.3 Å². The molecule has 8 heteroatoms. The van der Waals surface area contributed by atoms with E-state index < -0.39 is 0 Å². The molecule has 0 spiro atoms. The Hall–Kier alpha value is -2.70. The monoisotopic (exact) mass is 386 g/mol. The van der Waals surface area contributed by atoms with Gasteiger partial charge < -0.3 is 9.30 Å². The highest BCUT2D eigenvalue weighted by molar-refractivity contribution is 6.31. The summed E-state index contributed by atoms with van der Waals surface area (Å²) in [5, 5.41) is 1.27. The van der Waals surface area contributed by atoms with Crippen LogP contribution in [0.2, 0.25) is 10.6 Å². The van der Waals surface area contributed by atoms with E-state index in [2.05, 4.69) is 15.0 Å². The molecule has 0 amide bonds. The predicted octanol–water partition coefficient (Wildman–Crippen LogP) is 3.73. The van der Waals surface area contributed by atoms with Crippen molar-refractivity contribution in [3.05, 3.63) is 69.3 Å². The van der Waals surface area contributed by atoms with E-state index in [0.717, 1.165) is 11.0 Å². The smallest absolute Gasteiger partial charge is 0.322 e. The van der Waals surface area contributed by atoms with Crippen LogP contribution in [0.1, 0.15) is 0 Å². The first-order valence-corrected chi connectivity index (χ1v) is 8.59. The van der Waals surface area contributed by atoms with Gasteiger partial charge in [-0.05, 0) is 47.5 Å². The van der Waals surface area contributed by atoms with Crippen LogP contribution in [0, 0.1) is 0 Å². The number of rotatable bonds is 4. The number of hydrogen-bond acceptors (Lipinski definition) is 5. The number of halogens is 2. The maximum absolute atomic E-state index is 12.7. The largest absolute Gasteiger partial charge is 0.461 e. The lowest BCUT2D eigenvalue weighted by atomic mass is 10.1. The van der Waals surface area contributed by atoms with E-state index in [4.69, 9.17) is 27.9 Å². The molecular weight excluding hydrogens is 375 g/mol. The molecule has 2 heterocycles. The lowest BCUT2D eigenvalue weighted by molar-refractivity contribution is 0.278. The lowest BCUT2D eigenvalue weighted by Crippen LogP contribution is -2.15. The van der Waals surface area contributed by atoms with Crippen LogP contribution in [0.3, 0.4) is 0 Å². The van der Waals surface area contributed by atoms with Gasteiger partial charge in [-0.15, -0.1) is 0 Å². The zero-order chi connectivity index (χ0) is 18.1. The van der Waals surface area contributed by atoms with Gasteiger partial charge >= 0.3 is 6.01 Å². The van der Waals surface area contributed by atoms with E-state index in [1.807, 2.05) is 53.1 Å². The first kappa shape index (κ1) is 16.8. The molecule has 0 fully saturated rings. The molecule has 4 rings (SSSR count). The fourth-order valence-corrected chi connectivity index (χ4v) is 3.27. The molecule has 0 aliphatic rings. The summed E-state index contributed by atoms with van der Waals surface area (Å²) in [5.74, 6) is 0. The Morgan fingerprint density at radius 2 is 1.38 bits per heavy atom. The average Bonchev–Trinajstić information content (AvgIpc) is 2.64. The normalized spacial score (nSPS) is 11.2. The minimum Gasteiger partial charge on any atom is -0.461 e. The van der Waals surface area contributed by atoms with Crippen LogP contribution < -0.4 is 10.2 Å². The van der Waals surface area contributed by atoms with E-state index in [1.54, 1.807) is 0 Å². The van der Waals surface area contributed by atoms with Crippen molar-refractivity contribution < 1.29 is 4.74 Å². The fraction of sp³-hybridized carbons (Fsp3) is 0.111. The molecular formula is C18H12Cl2N4O2. The van der Waals surface area contributed by atoms with Gasteiger partial charge in [-0.2, -0.15) is 15.0 Å². The number of hydrogen-bond donors (Lipinski definition) is 0. The second kappa shape index (κ2) is 6.90. The van der Waals surface area contributed by atoms with E-state index in [9.17, 15) is 4.79 Å². The molecule has 0 atom stereocenters. The van der Waals surface area contributed by atoms with Crippen LogP contribution in [0.25, 0.3) is 21.8 Å². The summed E-state index contributed by atoms with van der Waals surface area (Å²) >= 11 is 11.5. The maximum Gasteiger partial charge on any atom is 0.322 e. The molecule has 0 saturated heterocycles. The van der Waals surface area contributed by atoms with Crippen LogP contribution in [0.5, 0.6) is 6.01 Å². The molecule has 0 aliphatic heterocycles. The quantitative estimate of drug-likeness (QED) is 0.499. The molecule has 0 unspecified atom stereocenters. The summed E-state index contributed by atoms with van der Waals surface area (Å²) < 4.78 is 7.61. The van der Waals surface area contributed by atoms with Crippen LogP contribution in [-0.2, 0) is 6.54 Å². The Bertz CT molecular complexity index is 1100. The molecule has 4 aromatic rings. The summed E-state index contributed by atoms with van der Waals surface area (Å²) in [5.41, 5.74) is 1.70. The third-order valence-corrected chi connectivity index (χ3v) is 4.32. The lowest BCUT2D eigenvalue weighted by Gasteiger charge is -2.15. The highest BCUT2D eigenvalue weighted by Crippen LogP contribution is 2.19. The Balaban J connectivity index is 1.73. The molecule has 26 heavy (non-hydrogen) atoms. The average molecular weight is 387 g/mol. The van der Waals surface area contributed by atoms with Crippen LogP contribution in [-0.4, -0.2) is 26.1 Å². The van der Waals surface area contributed by atoms with Gasteiger partial charge in [0.1, 0.15) is 6.61 Å². The second-order valence-electron chi connectivity index (χ2n) is 5.52. The van der Waals surface area contributed by atoms with Gasteiger partial charge in [0.25, 0.3) is 0 Å². The highest BCUT2D eigenvalue weighted by Gasteiger charge is 2.10. The van der Waals surface area contributed by atoms with Crippen molar-refractivity contribution in [1.29, 1.82) is 0 Å². The maximum atomic E-state index is 12.7. The van der Waals surface area contributed by atoms with E-state index >= 15 is 0 Å². The molecule has 0 saturated carbocycles. The minimum absolute atomic E-state index is 0.0180. The minimum atomic E-state index is -0.0285. The van der Waals surface area contributed by atoms with Crippen molar-refractivity contribution in [2.75, 3.05) is 6.61 Å². The van der Waals surface area contributed by atoms with Crippen molar-refractivity contribution in [3.63, 3.8) is 0 Å². The zero-order valence-electron chi connectivity index (χ0n) is 13.4. The number of para-hydroxylation sites is 2. The van der Waals surface area contributed by atoms with Crippen molar-refractivity contribution in [1.82, 2.24) is 19.5 Å². The van der Waals surface area contributed by atoms with Gasteiger partial charge in [0.15, 0.2) is 5.43 Å². The number of nitrogens with zero attached hydrogens (tertiary/aromatic N) is 4.